The Morgan fingerprint density at radius 2 is 1.60 bits per heavy atom. The van der Waals surface area contributed by atoms with E-state index in [1.54, 1.807) is 19.1 Å². The van der Waals surface area contributed by atoms with Crippen LogP contribution in [0.25, 0.3) is 0 Å². The van der Waals surface area contributed by atoms with Crippen LogP contribution < -0.4 is 0 Å². The molecule has 0 saturated carbocycles. The van der Waals surface area contributed by atoms with Crippen LogP contribution in [0.4, 0.5) is 4.39 Å². The van der Waals surface area contributed by atoms with Gasteiger partial charge in [0.05, 0.1) is 0 Å². The molecule has 1 aliphatic rings. The molecule has 102 valence electrons. The average molecular weight is 268 g/mol. The molecule has 0 amide bonds. The number of carbonyl (C=O) groups is 1. The number of ketones is 1. The van der Waals surface area contributed by atoms with E-state index in [0.717, 1.165) is 12.8 Å². The van der Waals surface area contributed by atoms with Crippen molar-refractivity contribution in [2.24, 2.45) is 0 Å². The van der Waals surface area contributed by atoms with Crippen molar-refractivity contribution >= 4 is 5.78 Å². The molecular weight excluding hydrogens is 251 g/mol. The van der Waals surface area contributed by atoms with E-state index in [-0.39, 0.29) is 11.6 Å². The van der Waals surface area contributed by atoms with Gasteiger partial charge in [0.2, 0.25) is 0 Å². The van der Waals surface area contributed by atoms with Gasteiger partial charge in [0.1, 0.15) is 5.82 Å². The fourth-order valence-corrected chi connectivity index (χ4v) is 2.83. The fraction of sp³-hybridized carbons (Fsp3) is 0.278. The lowest BCUT2D eigenvalue weighted by molar-refractivity contribution is 0.103. The van der Waals surface area contributed by atoms with Crippen molar-refractivity contribution < 1.29 is 9.18 Å². The van der Waals surface area contributed by atoms with E-state index < -0.39 is 0 Å². The number of rotatable bonds is 2. The minimum Gasteiger partial charge on any atom is -0.289 e. The predicted octanol–water partition coefficient (Wildman–Crippen LogP) is 4.24. The normalized spacial score (nSPS) is 13.9. The van der Waals surface area contributed by atoms with Crippen molar-refractivity contribution in [2.45, 2.75) is 32.6 Å². The van der Waals surface area contributed by atoms with Crippen molar-refractivity contribution in [1.82, 2.24) is 0 Å². The molecule has 0 heterocycles. The van der Waals surface area contributed by atoms with Gasteiger partial charge in [-0.15, -0.1) is 0 Å². The summed E-state index contributed by atoms with van der Waals surface area (Å²) >= 11 is 0. The summed E-state index contributed by atoms with van der Waals surface area (Å²) in [5.74, 6) is -0.298. The van der Waals surface area contributed by atoms with Crippen LogP contribution in [0.1, 0.15) is 45.5 Å². The molecule has 0 radical (unpaired) electrons. The van der Waals surface area contributed by atoms with Gasteiger partial charge in [-0.2, -0.15) is 0 Å². The molecule has 1 aliphatic carbocycles. The second kappa shape index (κ2) is 5.20. The molecule has 0 aromatic heterocycles. The molecular formula is C18H17FO. The first-order valence-corrected chi connectivity index (χ1v) is 7.08. The maximum absolute atomic E-state index is 13.3. The van der Waals surface area contributed by atoms with Crippen LogP contribution in [0.3, 0.4) is 0 Å². The van der Waals surface area contributed by atoms with Crippen LogP contribution in [-0.4, -0.2) is 5.78 Å². The number of benzene rings is 2. The lowest BCUT2D eigenvalue weighted by Crippen LogP contribution is -2.07. The van der Waals surface area contributed by atoms with Gasteiger partial charge in [0.15, 0.2) is 5.78 Å². The molecule has 0 fully saturated rings. The van der Waals surface area contributed by atoms with Gasteiger partial charge in [-0.25, -0.2) is 4.39 Å². The third-order valence-electron chi connectivity index (χ3n) is 4.03. The minimum atomic E-state index is -0.271. The number of hydrogen-bond donors (Lipinski definition) is 0. The summed E-state index contributed by atoms with van der Waals surface area (Å²) in [6.45, 7) is 1.68. The van der Waals surface area contributed by atoms with Crippen molar-refractivity contribution in [3.05, 3.63) is 70.0 Å². The van der Waals surface area contributed by atoms with Gasteiger partial charge in [-0.1, -0.05) is 12.1 Å². The molecule has 2 aromatic rings. The first kappa shape index (κ1) is 13.0. The first-order valence-electron chi connectivity index (χ1n) is 7.08. The molecule has 2 heteroatoms. The minimum absolute atomic E-state index is 0.0264. The summed E-state index contributed by atoms with van der Waals surface area (Å²) in [4.78, 5) is 12.5. The van der Waals surface area contributed by atoms with Gasteiger partial charge in [0, 0.05) is 11.1 Å². The maximum atomic E-state index is 13.3. The van der Waals surface area contributed by atoms with Gasteiger partial charge in [0.25, 0.3) is 0 Å². The third-order valence-corrected chi connectivity index (χ3v) is 4.03. The quantitative estimate of drug-likeness (QED) is 0.744. The Labute approximate surface area is 118 Å². The lowest BCUT2D eigenvalue weighted by Gasteiger charge is -2.16. The smallest absolute Gasteiger partial charge is 0.193 e. The summed E-state index contributed by atoms with van der Waals surface area (Å²) in [5, 5.41) is 0. The Bertz CT molecular complexity index is 673. The number of carbonyl (C=O) groups excluding carboxylic acids is 1. The van der Waals surface area contributed by atoms with E-state index in [9.17, 15) is 9.18 Å². The second-order valence-electron chi connectivity index (χ2n) is 5.48. The van der Waals surface area contributed by atoms with Crippen LogP contribution in [0.2, 0.25) is 0 Å². The molecule has 0 unspecified atom stereocenters. The van der Waals surface area contributed by atoms with E-state index in [4.69, 9.17) is 0 Å². The number of hydrogen-bond acceptors (Lipinski definition) is 1. The summed E-state index contributed by atoms with van der Waals surface area (Å²) in [6.07, 6.45) is 4.59. The molecule has 0 N–H and O–H groups in total. The monoisotopic (exact) mass is 268 g/mol. The van der Waals surface area contributed by atoms with Crippen molar-refractivity contribution in [1.29, 1.82) is 0 Å². The molecule has 0 aliphatic heterocycles. The molecule has 2 aromatic carbocycles. The van der Waals surface area contributed by atoms with Crippen molar-refractivity contribution in [3.8, 4) is 0 Å². The summed E-state index contributed by atoms with van der Waals surface area (Å²) in [6, 6.07) is 10.5. The van der Waals surface area contributed by atoms with Crippen LogP contribution >= 0.6 is 0 Å². The zero-order valence-corrected chi connectivity index (χ0v) is 11.6. The number of fused-ring (bicyclic) bond motifs is 1. The Morgan fingerprint density at radius 1 is 0.950 bits per heavy atom. The van der Waals surface area contributed by atoms with Crippen LogP contribution in [0.15, 0.2) is 36.4 Å². The van der Waals surface area contributed by atoms with Gasteiger partial charge < -0.3 is 0 Å². The molecule has 1 nitrogen and oxygen atoms in total. The predicted molar refractivity (Wildman–Crippen MR) is 77.7 cm³/mol. The Kier molecular flexibility index (Phi) is 3.39. The molecule has 0 saturated heterocycles. The Morgan fingerprint density at radius 3 is 2.35 bits per heavy atom. The largest absolute Gasteiger partial charge is 0.289 e. The van der Waals surface area contributed by atoms with Crippen LogP contribution in [0, 0.1) is 12.7 Å². The van der Waals surface area contributed by atoms with Crippen molar-refractivity contribution in [2.75, 3.05) is 0 Å². The first-order chi connectivity index (χ1) is 9.65. The van der Waals surface area contributed by atoms with Gasteiger partial charge in [-0.05, 0) is 73.6 Å². The SMILES string of the molecule is Cc1cc(C(=O)c2ccc3c(c2)CCCC3)ccc1F. The highest BCUT2D eigenvalue weighted by Gasteiger charge is 2.14. The Hall–Kier alpha value is -1.96. The summed E-state index contributed by atoms with van der Waals surface area (Å²) in [7, 11) is 0. The van der Waals surface area contributed by atoms with E-state index in [0.29, 0.717) is 16.7 Å². The third kappa shape index (κ3) is 2.38. The van der Waals surface area contributed by atoms with E-state index in [1.807, 2.05) is 12.1 Å². The molecule has 0 atom stereocenters. The molecule has 0 spiro atoms. The summed E-state index contributed by atoms with van der Waals surface area (Å²) in [5.41, 5.74) is 4.43. The van der Waals surface area contributed by atoms with Crippen LogP contribution in [0.5, 0.6) is 0 Å². The highest BCUT2D eigenvalue weighted by molar-refractivity contribution is 6.09. The molecule has 20 heavy (non-hydrogen) atoms. The zero-order valence-electron chi connectivity index (χ0n) is 11.6. The Balaban J connectivity index is 1.95. The lowest BCUT2D eigenvalue weighted by atomic mass is 9.89. The van der Waals surface area contributed by atoms with E-state index in [1.165, 1.54) is 30.0 Å². The molecule has 0 bridgehead atoms. The highest BCUT2D eigenvalue weighted by atomic mass is 19.1. The number of aryl methyl sites for hydroxylation is 3. The van der Waals surface area contributed by atoms with E-state index >= 15 is 0 Å². The zero-order chi connectivity index (χ0) is 14.1. The average Bonchev–Trinajstić information content (AvgIpc) is 2.49. The molecule has 3 rings (SSSR count). The number of halogens is 1. The highest BCUT2D eigenvalue weighted by Crippen LogP contribution is 2.23. The maximum Gasteiger partial charge on any atom is 0.193 e. The van der Waals surface area contributed by atoms with Gasteiger partial charge >= 0.3 is 0 Å². The fourth-order valence-electron chi connectivity index (χ4n) is 2.83. The summed E-state index contributed by atoms with van der Waals surface area (Å²) < 4.78 is 13.3. The standard InChI is InChI=1S/C18H17FO/c1-12-10-15(8-9-17(12)19)18(20)16-7-6-13-4-2-3-5-14(13)11-16/h6-11H,2-5H2,1H3. The van der Waals surface area contributed by atoms with Gasteiger partial charge in [-0.3, -0.25) is 4.79 Å². The van der Waals surface area contributed by atoms with Crippen molar-refractivity contribution in [3.63, 3.8) is 0 Å². The van der Waals surface area contributed by atoms with E-state index in [2.05, 4.69) is 6.07 Å². The topological polar surface area (TPSA) is 17.1 Å². The second-order valence-corrected chi connectivity index (χ2v) is 5.48. The van der Waals surface area contributed by atoms with Crippen LogP contribution in [-0.2, 0) is 12.8 Å².